The molecular formula is C13H8F3N3O. The molecule has 7 heteroatoms. The van der Waals surface area contributed by atoms with Gasteiger partial charge in [0, 0.05) is 12.3 Å². The van der Waals surface area contributed by atoms with Gasteiger partial charge in [0.25, 0.3) is 0 Å². The quantitative estimate of drug-likeness (QED) is 0.856. The molecule has 0 saturated carbocycles. The molecule has 20 heavy (non-hydrogen) atoms. The van der Waals surface area contributed by atoms with Crippen molar-refractivity contribution in [3.05, 3.63) is 47.7 Å². The lowest BCUT2D eigenvalue weighted by molar-refractivity contribution is -0.137. The fourth-order valence-corrected chi connectivity index (χ4v) is 1.47. The minimum Gasteiger partial charge on any atom is -0.437 e. The number of hydrogen-bond donors (Lipinski definition) is 1. The van der Waals surface area contributed by atoms with E-state index in [1.54, 1.807) is 0 Å². The van der Waals surface area contributed by atoms with E-state index < -0.39 is 11.7 Å². The fraction of sp³-hybridized carbons (Fsp3) is 0.0769. The van der Waals surface area contributed by atoms with Gasteiger partial charge in [-0.25, -0.2) is 4.98 Å². The molecule has 1 aromatic carbocycles. The van der Waals surface area contributed by atoms with Gasteiger partial charge in [0.15, 0.2) is 5.75 Å². The number of nitrogen functional groups attached to an aromatic ring is 1. The molecule has 1 aromatic heterocycles. The third kappa shape index (κ3) is 2.98. The predicted molar refractivity (Wildman–Crippen MR) is 64.9 cm³/mol. The molecule has 0 atom stereocenters. The molecule has 1 heterocycles. The zero-order valence-corrected chi connectivity index (χ0v) is 9.98. The van der Waals surface area contributed by atoms with E-state index in [-0.39, 0.29) is 17.3 Å². The second-order valence-corrected chi connectivity index (χ2v) is 3.85. The number of benzene rings is 1. The molecule has 0 aliphatic carbocycles. The van der Waals surface area contributed by atoms with Gasteiger partial charge < -0.3 is 10.5 Å². The van der Waals surface area contributed by atoms with Crippen LogP contribution in [-0.2, 0) is 6.18 Å². The van der Waals surface area contributed by atoms with E-state index in [9.17, 15) is 13.2 Å². The van der Waals surface area contributed by atoms with Gasteiger partial charge in [-0.15, -0.1) is 0 Å². The number of nitriles is 1. The number of hydrogen-bond acceptors (Lipinski definition) is 4. The molecule has 4 nitrogen and oxygen atoms in total. The van der Waals surface area contributed by atoms with E-state index >= 15 is 0 Å². The van der Waals surface area contributed by atoms with Crippen LogP contribution in [0.4, 0.5) is 18.9 Å². The van der Waals surface area contributed by atoms with Crippen molar-refractivity contribution < 1.29 is 17.9 Å². The van der Waals surface area contributed by atoms with Crippen molar-refractivity contribution in [1.29, 1.82) is 5.26 Å². The van der Waals surface area contributed by atoms with Crippen LogP contribution in [0.5, 0.6) is 11.6 Å². The van der Waals surface area contributed by atoms with E-state index in [0.717, 1.165) is 18.2 Å². The van der Waals surface area contributed by atoms with E-state index in [1.165, 1.54) is 18.3 Å². The molecule has 0 aliphatic rings. The number of nitrogens with zero attached hydrogens (tertiary/aromatic N) is 2. The average Bonchev–Trinajstić information content (AvgIpc) is 2.40. The van der Waals surface area contributed by atoms with Crippen molar-refractivity contribution in [3.8, 4) is 17.7 Å². The maximum Gasteiger partial charge on any atom is 0.416 e. The van der Waals surface area contributed by atoms with Gasteiger partial charge in [0.2, 0.25) is 5.88 Å². The number of rotatable bonds is 2. The largest absolute Gasteiger partial charge is 0.437 e. The molecule has 0 radical (unpaired) electrons. The normalized spacial score (nSPS) is 10.9. The minimum atomic E-state index is -4.47. The van der Waals surface area contributed by atoms with E-state index in [0.29, 0.717) is 5.56 Å². The highest BCUT2D eigenvalue weighted by molar-refractivity contribution is 5.56. The van der Waals surface area contributed by atoms with Crippen molar-refractivity contribution in [3.63, 3.8) is 0 Å². The van der Waals surface area contributed by atoms with Gasteiger partial charge in [-0.3, -0.25) is 0 Å². The van der Waals surface area contributed by atoms with Crippen molar-refractivity contribution in [2.75, 3.05) is 5.73 Å². The number of anilines is 1. The lowest BCUT2D eigenvalue weighted by Gasteiger charge is -2.11. The van der Waals surface area contributed by atoms with Crippen LogP contribution in [0.15, 0.2) is 36.5 Å². The first-order valence-corrected chi connectivity index (χ1v) is 5.41. The Morgan fingerprint density at radius 1 is 1.20 bits per heavy atom. The van der Waals surface area contributed by atoms with Crippen LogP contribution >= 0.6 is 0 Å². The van der Waals surface area contributed by atoms with Gasteiger partial charge in [-0.2, -0.15) is 18.4 Å². The van der Waals surface area contributed by atoms with Crippen LogP contribution in [0.25, 0.3) is 0 Å². The summed E-state index contributed by atoms with van der Waals surface area (Å²) in [5.74, 6) is 0.121. The predicted octanol–water partition coefficient (Wildman–Crippen LogP) is 3.35. The van der Waals surface area contributed by atoms with Crippen LogP contribution in [0.2, 0.25) is 0 Å². The standard InChI is InChI=1S/C13H8F3N3O/c14-13(15,16)9-1-2-11(10(18)6-9)20-12-5-8(7-17)3-4-19-12/h1-6H,18H2. The molecular weight excluding hydrogens is 271 g/mol. The second kappa shape index (κ2) is 5.09. The molecule has 0 saturated heterocycles. The van der Waals surface area contributed by atoms with Crippen molar-refractivity contribution >= 4 is 5.69 Å². The Labute approximate surface area is 112 Å². The van der Waals surface area contributed by atoms with Crippen LogP contribution < -0.4 is 10.5 Å². The Morgan fingerprint density at radius 2 is 1.95 bits per heavy atom. The van der Waals surface area contributed by atoms with E-state index in [4.69, 9.17) is 15.7 Å². The number of nitrogens with two attached hydrogens (primary N) is 1. The van der Waals surface area contributed by atoms with Crippen molar-refractivity contribution in [2.24, 2.45) is 0 Å². The minimum absolute atomic E-state index is 0.0422. The van der Waals surface area contributed by atoms with Gasteiger partial charge in [-0.05, 0) is 24.3 Å². The monoisotopic (exact) mass is 279 g/mol. The summed E-state index contributed by atoms with van der Waals surface area (Å²) in [6.45, 7) is 0. The molecule has 0 amide bonds. The molecule has 102 valence electrons. The Morgan fingerprint density at radius 3 is 2.55 bits per heavy atom. The van der Waals surface area contributed by atoms with E-state index in [2.05, 4.69) is 4.98 Å². The average molecular weight is 279 g/mol. The molecule has 0 spiro atoms. The summed E-state index contributed by atoms with van der Waals surface area (Å²) in [7, 11) is 0. The van der Waals surface area contributed by atoms with Crippen LogP contribution in [0, 0.1) is 11.3 Å². The van der Waals surface area contributed by atoms with E-state index in [1.807, 2.05) is 6.07 Å². The van der Waals surface area contributed by atoms with Crippen molar-refractivity contribution in [1.82, 2.24) is 4.98 Å². The smallest absolute Gasteiger partial charge is 0.416 e. The molecule has 2 aromatic rings. The lowest BCUT2D eigenvalue weighted by atomic mass is 10.2. The molecule has 2 N–H and O–H groups in total. The first-order chi connectivity index (χ1) is 9.40. The van der Waals surface area contributed by atoms with Crippen LogP contribution in [-0.4, -0.2) is 4.98 Å². The first-order valence-electron chi connectivity index (χ1n) is 5.41. The summed E-state index contributed by atoms with van der Waals surface area (Å²) < 4.78 is 42.7. The zero-order chi connectivity index (χ0) is 14.8. The topological polar surface area (TPSA) is 71.9 Å². The highest BCUT2D eigenvalue weighted by Crippen LogP contribution is 2.34. The maximum absolute atomic E-state index is 12.5. The highest BCUT2D eigenvalue weighted by Gasteiger charge is 2.31. The molecule has 2 rings (SSSR count). The zero-order valence-electron chi connectivity index (χ0n) is 9.98. The number of halogens is 3. The summed E-state index contributed by atoms with van der Waals surface area (Å²) >= 11 is 0. The van der Waals surface area contributed by atoms with Gasteiger partial charge in [0.05, 0.1) is 22.9 Å². The van der Waals surface area contributed by atoms with Gasteiger partial charge in [-0.1, -0.05) is 0 Å². The van der Waals surface area contributed by atoms with Crippen LogP contribution in [0.1, 0.15) is 11.1 Å². The third-order valence-electron chi connectivity index (χ3n) is 2.42. The van der Waals surface area contributed by atoms with Crippen LogP contribution in [0.3, 0.4) is 0 Å². The molecule has 0 unspecified atom stereocenters. The Bertz CT molecular complexity index is 677. The number of aromatic nitrogens is 1. The van der Waals surface area contributed by atoms with Gasteiger partial charge >= 0.3 is 6.18 Å². The number of ether oxygens (including phenoxy) is 1. The first kappa shape index (κ1) is 13.7. The molecule has 0 bridgehead atoms. The summed E-state index contributed by atoms with van der Waals surface area (Å²) in [6.07, 6.45) is -3.11. The highest BCUT2D eigenvalue weighted by atomic mass is 19.4. The third-order valence-corrected chi connectivity index (χ3v) is 2.42. The number of pyridine rings is 1. The fourth-order valence-electron chi connectivity index (χ4n) is 1.47. The van der Waals surface area contributed by atoms with Crippen molar-refractivity contribution in [2.45, 2.75) is 6.18 Å². The number of alkyl halides is 3. The summed E-state index contributed by atoms with van der Waals surface area (Å²) in [4.78, 5) is 3.84. The summed E-state index contributed by atoms with van der Waals surface area (Å²) in [6, 6.07) is 7.48. The molecule has 0 aliphatic heterocycles. The Hall–Kier alpha value is -2.75. The maximum atomic E-state index is 12.5. The summed E-state index contributed by atoms with van der Waals surface area (Å²) in [5, 5.41) is 8.73. The van der Waals surface area contributed by atoms with Gasteiger partial charge in [0.1, 0.15) is 0 Å². The Balaban J connectivity index is 2.28. The lowest BCUT2D eigenvalue weighted by Crippen LogP contribution is -2.06. The molecule has 0 fully saturated rings. The SMILES string of the molecule is N#Cc1ccnc(Oc2ccc(C(F)(F)F)cc2N)c1. The second-order valence-electron chi connectivity index (χ2n) is 3.85. The summed E-state index contributed by atoms with van der Waals surface area (Å²) in [5.41, 5.74) is 4.82. The Kier molecular flexibility index (Phi) is 3.48.